The summed E-state index contributed by atoms with van der Waals surface area (Å²) in [5.41, 5.74) is 0. The van der Waals surface area contributed by atoms with Crippen molar-refractivity contribution in [1.29, 1.82) is 0 Å². The topological polar surface area (TPSA) is 20.2 Å². The van der Waals surface area contributed by atoms with Crippen LogP contribution in [0.4, 0.5) is 0 Å². The van der Waals surface area contributed by atoms with Crippen LogP contribution >= 0.6 is 10.0 Å². The van der Waals surface area contributed by atoms with Gasteiger partial charge in [-0.05, 0) is 25.7 Å². The molecule has 2 heteroatoms. The number of hydrogen-bond acceptors (Lipinski definition) is 1. The molecule has 1 N–H and O–H groups in total. The lowest BCUT2D eigenvalue weighted by molar-refractivity contribution is 0.201. The molecule has 0 fully saturated rings. The van der Waals surface area contributed by atoms with Crippen LogP contribution in [-0.2, 0) is 0 Å². The molecule has 60 valence electrons. The summed E-state index contributed by atoms with van der Waals surface area (Å²) in [5.74, 6) is 2.96. The van der Waals surface area contributed by atoms with Crippen LogP contribution in [-0.4, -0.2) is 30.0 Å². The zero-order valence-electron chi connectivity index (χ0n) is 7.14. The highest BCUT2D eigenvalue weighted by Crippen LogP contribution is 2.32. The maximum absolute atomic E-state index is 8.86. The first kappa shape index (κ1) is 9.87. The van der Waals surface area contributed by atoms with Crippen LogP contribution in [0.25, 0.3) is 0 Å². The number of rotatable bonds is 1. The van der Waals surface area contributed by atoms with Gasteiger partial charge in [0.1, 0.15) is 0 Å². The highest BCUT2D eigenvalue weighted by molar-refractivity contribution is 8.35. The third-order valence-electron chi connectivity index (χ3n) is 0.776. The van der Waals surface area contributed by atoms with Gasteiger partial charge >= 0.3 is 0 Å². The van der Waals surface area contributed by atoms with Crippen molar-refractivity contribution in [2.24, 2.45) is 0 Å². The third kappa shape index (κ3) is 7.87. The summed E-state index contributed by atoms with van der Waals surface area (Å²) < 4.78 is 0. The van der Waals surface area contributed by atoms with Crippen LogP contribution in [0, 0.1) is 11.2 Å². The summed E-state index contributed by atoms with van der Waals surface area (Å²) in [5, 5.41) is 12.0. The van der Waals surface area contributed by atoms with E-state index in [1.54, 1.807) is 6.92 Å². The molecule has 0 amide bonds. The van der Waals surface area contributed by atoms with Crippen LogP contribution in [0.3, 0.4) is 0 Å². The van der Waals surface area contributed by atoms with Gasteiger partial charge in [0, 0.05) is 6.42 Å². The predicted octanol–water partition coefficient (Wildman–Crippen LogP) is 1.41. The Morgan fingerprint density at radius 1 is 1.40 bits per heavy atom. The van der Waals surface area contributed by atoms with Gasteiger partial charge < -0.3 is 5.11 Å². The Hall–Kier alpha value is -0.130. The lowest BCUT2D eigenvalue weighted by Crippen LogP contribution is -1.96. The van der Waals surface area contributed by atoms with Crippen LogP contribution in [0.1, 0.15) is 13.3 Å². The van der Waals surface area contributed by atoms with Crippen LogP contribution in [0.2, 0.25) is 0 Å². The van der Waals surface area contributed by atoms with E-state index in [1.165, 1.54) is 0 Å². The molecule has 10 heavy (non-hydrogen) atoms. The summed E-state index contributed by atoms with van der Waals surface area (Å²) in [4.78, 5) is 0. The van der Waals surface area contributed by atoms with Crippen molar-refractivity contribution in [3.63, 3.8) is 0 Å². The van der Waals surface area contributed by atoms with E-state index in [-0.39, 0.29) is 6.10 Å². The Bertz CT molecular complexity index is 145. The molecule has 0 saturated carbocycles. The van der Waals surface area contributed by atoms with Gasteiger partial charge in [0.15, 0.2) is 0 Å². The van der Waals surface area contributed by atoms with Gasteiger partial charge in [0.25, 0.3) is 0 Å². The first-order chi connectivity index (χ1) is 4.42. The first-order valence-electron chi connectivity index (χ1n) is 3.28. The molecule has 0 saturated heterocycles. The van der Waals surface area contributed by atoms with E-state index in [1.807, 2.05) is 0 Å². The fourth-order valence-corrected chi connectivity index (χ4v) is 0.922. The Kier molecular flexibility index (Phi) is 3.85. The van der Waals surface area contributed by atoms with Crippen LogP contribution in [0.15, 0.2) is 0 Å². The molecule has 0 aliphatic heterocycles. The van der Waals surface area contributed by atoms with Crippen molar-refractivity contribution >= 4 is 10.0 Å². The molecule has 0 aromatic rings. The standard InChI is InChI=1S/C8H16OS/c1-8(9)6-5-7-10(2,3)4/h8-9H,6H2,1-4H3/t8-/m1/s1. The average molecular weight is 160 g/mol. The molecule has 0 radical (unpaired) electrons. The predicted molar refractivity (Wildman–Crippen MR) is 49.4 cm³/mol. The minimum absolute atomic E-state index is 0.283. The van der Waals surface area contributed by atoms with Crippen molar-refractivity contribution in [3.05, 3.63) is 0 Å². The number of hydrogen-bond donors (Lipinski definition) is 1. The SMILES string of the molecule is C[C@@H](O)CC#CS(C)(C)C. The minimum atomic E-state index is -0.692. The van der Waals surface area contributed by atoms with E-state index in [9.17, 15) is 0 Å². The zero-order valence-corrected chi connectivity index (χ0v) is 7.96. The maximum atomic E-state index is 8.86. The number of aliphatic hydroxyl groups excluding tert-OH is 1. The molecule has 0 bridgehead atoms. The van der Waals surface area contributed by atoms with Crippen molar-refractivity contribution in [1.82, 2.24) is 0 Å². The summed E-state index contributed by atoms with van der Waals surface area (Å²) in [7, 11) is -0.692. The van der Waals surface area contributed by atoms with Crippen molar-refractivity contribution in [3.8, 4) is 11.2 Å². The van der Waals surface area contributed by atoms with Crippen molar-refractivity contribution in [2.45, 2.75) is 19.4 Å². The normalized spacial score (nSPS) is 15.3. The van der Waals surface area contributed by atoms with Gasteiger partial charge in [-0.3, -0.25) is 0 Å². The highest BCUT2D eigenvalue weighted by atomic mass is 32.3. The second kappa shape index (κ2) is 3.90. The molecular formula is C8H16OS. The Morgan fingerprint density at radius 3 is 2.20 bits per heavy atom. The van der Waals surface area contributed by atoms with E-state index in [4.69, 9.17) is 5.11 Å². The van der Waals surface area contributed by atoms with Crippen LogP contribution < -0.4 is 0 Å². The summed E-state index contributed by atoms with van der Waals surface area (Å²) >= 11 is 0. The van der Waals surface area contributed by atoms with Gasteiger partial charge in [-0.25, -0.2) is 0 Å². The second-order valence-electron chi connectivity index (χ2n) is 3.17. The van der Waals surface area contributed by atoms with E-state index >= 15 is 0 Å². The molecule has 1 atom stereocenters. The lowest BCUT2D eigenvalue weighted by atomic mass is 10.3. The highest BCUT2D eigenvalue weighted by Gasteiger charge is 1.95. The summed E-state index contributed by atoms with van der Waals surface area (Å²) in [6.45, 7) is 1.76. The quantitative estimate of drug-likeness (QED) is 0.575. The molecule has 0 spiro atoms. The lowest BCUT2D eigenvalue weighted by Gasteiger charge is -2.14. The monoisotopic (exact) mass is 160 g/mol. The van der Waals surface area contributed by atoms with E-state index in [2.05, 4.69) is 29.9 Å². The largest absolute Gasteiger partial charge is 0.392 e. The van der Waals surface area contributed by atoms with Gasteiger partial charge in [-0.15, -0.1) is 0 Å². The third-order valence-corrected chi connectivity index (χ3v) is 1.53. The zero-order chi connectivity index (χ0) is 8.20. The van der Waals surface area contributed by atoms with E-state index in [0.29, 0.717) is 6.42 Å². The molecule has 0 aromatic heterocycles. The molecule has 0 aliphatic carbocycles. The van der Waals surface area contributed by atoms with E-state index < -0.39 is 10.0 Å². The second-order valence-corrected chi connectivity index (χ2v) is 7.05. The fourth-order valence-electron chi connectivity index (χ4n) is 0.406. The molecule has 0 heterocycles. The van der Waals surface area contributed by atoms with Gasteiger partial charge in [0.05, 0.1) is 6.10 Å². The van der Waals surface area contributed by atoms with Gasteiger partial charge in [-0.2, -0.15) is 10.0 Å². The summed E-state index contributed by atoms with van der Waals surface area (Å²) in [6.07, 6.45) is 6.74. The fraction of sp³-hybridized carbons (Fsp3) is 0.750. The first-order valence-corrected chi connectivity index (χ1v) is 6.13. The van der Waals surface area contributed by atoms with Crippen molar-refractivity contribution in [2.75, 3.05) is 18.8 Å². The Morgan fingerprint density at radius 2 is 1.90 bits per heavy atom. The van der Waals surface area contributed by atoms with Crippen LogP contribution in [0.5, 0.6) is 0 Å². The Labute approximate surface area is 65.1 Å². The minimum Gasteiger partial charge on any atom is -0.392 e. The Balaban J connectivity index is 3.71. The molecule has 0 aliphatic rings. The summed E-state index contributed by atoms with van der Waals surface area (Å²) in [6, 6.07) is 0. The van der Waals surface area contributed by atoms with Gasteiger partial charge in [0.2, 0.25) is 0 Å². The molecule has 0 rings (SSSR count). The molecule has 0 aromatic carbocycles. The van der Waals surface area contributed by atoms with Gasteiger partial charge in [-0.1, -0.05) is 11.2 Å². The molecular weight excluding hydrogens is 144 g/mol. The smallest absolute Gasteiger partial charge is 0.0621 e. The maximum Gasteiger partial charge on any atom is 0.0621 e. The molecule has 1 nitrogen and oxygen atoms in total. The number of aliphatic hydroxyl groups is 1. The molecule has 0 unspecified atom stereocenters. The van der Waals surface area contributed by atoms with Crippen molar-refractivity contribution < 1.29 is 5.11 Å². The van der Waals surface area contributed by atoms with E-state index in [0.717, 1.165) is 0 Å². The average Bonchev–Trinajstić information content (AvgIpc) is 1.59.